The molecule has 4 aliphatic rings. The lowest BCUT2D eigenvalue weighted by Gasteiger charge is -2.43. The Morgan fingerprint density at radius 1 is 1.20 bits per heavy atom. The second kappa shape index (κ2) is 12.6. The van der Waals surface area contributed by atoms with Crippen molar-refractivity contribution in [3.8, 4) is 5.75 Å². The van der Waals surface area contributed by atoms with Crippen LogP contribution in [0.2, 0.25) is 5.02 Å². The number of nitrogens with zero attached hydrogens (tertiary/aromatic N) is 5. The number of allylic oxidation sites excluding steroid dienone is 1. The number of carbonyl (C=O) groups is 3. The number of halogens is 5. The molecule has 0 bridgehead atoms. The van der Waals surface area contributed by atoms with E-state index in [-0.39, 0.29) is 40.6 Å². The summed E-state index contributed by atoms with van der Waals surface area (Å²) in [4.78, 5) is 51.7. The quantitative estimate of drug-likeness (QED) is 0.298. The summed E-state index contributed by atoms with van der Waals surface area (Å²) in [7, 11) is 0. The summed E-state index contributed by atoms with van der Waals surface area (Å²) < 4.78 is 39.1. The third-order valence-electron chi connectivity index (χ3n) is 8.18. The van der Waals surface area contributed by atoms with Crippen LogP contribution in [0.25, 0.3) is 0 Å². The fraction of sp³-hybridized carbons (Fsp3) is 0.414. The lowest BCUT2D eigenvalue weighted by Crippen LogP contribution is -2.57. The van der Waals surface area contributed by atoms with Crippen LogP contribution in [0.4, 0.5) is 18.9 Å². The van der Waals surface area contributed by atoms with E-state index in [4.69, 9.17) is 11.6 Å². The predicted molar refractivity (Wildman–Crippen MR) is 163 cm³/mol. The molecule has 6 rings (SSSR count). The molecule has 3 aliphatic heterocycles. The first-order valence-electron chi connectivity index (χ1n) is 14.3. The predicted octanol–water partition coefficient (Wildman–Crippen LogP) is 5.09. The maximum atomic E-state index is 13.8. The van der Waals surface area contributed by atoms with E-state index < -0.39 is 34.0 Å². The van der Waals surface area contributed by atoms with Crippen molar-refractivity contribution in [2.24, 2.45) is 10.4 Å². The molecule has 1 fully saturated rings. The van der Waals surface area contributed by atoms with E-state index in [0.29, 0.717) is 50.0 Å². The van der Waals surface area contributed by atoms with Crippen LogP contribution in [0.15, 0.2) is 52.8 Å². The Morgan fingerprint density at radius 3 is 2.56 bits per heavy atom. The van der Waals surface area contributed by atoms with E-state index in [1.807, 2.05) is 13.8 Å². The van der Waals surface area contributed by atoms with Crippen molar-refractivity contribution in [1.82, 2.24) is 25.2 Å². The third-order valence-corrected chi connectivity index (χ3v) is 8.90. The average molecular weight is 713 g/mol. The topological polar surface area (TPSA) is 130 Å². The molecule has 0 radical (unpaired) electrons. The number of alkyl halides is 4. The van der Waals surface area contributed by atoms with Crippen LogP contribution in [0.5, 0.6) is 5.75 Å². The molecule has 1 aliphatic carbocycles. The zero-order valence-corrected chi connectivity index (χ0v) is 26.6. The van der Waals surface area contributed by atoms with Gasteiger partial charge in [-0.2, -0.15) is 18.6 Å². The summed E-state index contributed by atoms with van der Waals surface area (Å²) in [6.45, 7) is 4.39. The molecule has 1 unspecified atom stereocenters. The van der Waals surface area contributed by atoms with E-state index in [1.165, 1.54) is 23.3 Å². The lowest BCUT2D eigenvalue weighted by molar-refractivity contribution is -0.137. The van der Waals surface area contributed by atoms with Gasteiger partial charge in [0.1, 0.15) is 12.3 Å². The molecule has 240 valence electrons. The summed E-state index contributed by atoms with van der Waals surface area (Å²) in [6.07, 6.45) is -1.10. The molecule has 4 heterocycles. The Labute approximate surface area is 270 Å². The Bertz CT molecular complexity index is 1590. The first kappa shape index (κ1) is 32.7. The van der Waals surface area contributed by atoms with Gasteiger partial charge in [0.25, 0.3) is 11.8 Å². The fourth-order valence-corrected chi connectivity index (χ4v) is 6.72. The standard InChI is InChI=1S/C27H24BrClF3N7O4.C2H6/c28-24-35-25-38(13-19(41)34-16-4-3-14(12-15(16)29)27(30,31)32)17-5-6-26(20(17)22(42)39(25)36-24)7-10-37(11-8-26)23(43)21-18(40)2-1-9-33-21;1-2/h1-4,9,12,24,36,40H,5-8,10-11,13H2,(H,34,41);1-2H3. The van der Waals surface area contributed by atoms with E-state index >= 15 is 0 Å². The van der Waals surface area contributed by atoms with Gasteiger partial charge in [0.15, 0.2) is 10.8 Å². The van der Waals surface area contributed by atoms with Crippen LogP contribution in [-0.2, 0) is 15.8 Å². The highest BCUT2D eigenvalue weighted by Crippen LogP contribution is 2.53. The molecule has 2 aromatic rings. The smallest absolute Gasteiger partial charge is 0.416 e. The van der Waals surface area contributed by atoms with Gasteiger partial charge in [0, 0.05) is 36.0 Å². The minimum atomic E-state index is -4.58. The number of nitrogens with one attached hydrogen (secondary N) is 2. The first-order chi connectivity index (χ1) is 21.4. The van der Waals surface area contributed by atoms with Crippen molar-refractivity contribution in [2.75, 3.05) is 25.0 Å². The molecule has 11 nitrogen and oxygen atoms in total. The number of piperidine rings is 1. The lowest BCUT2D eigenvalue weighted by atomic mass is 9.72. The number of aromatic nitrogens is 1. The van der Waals surface area contributed by atoms with Crippen LogP contribution in [0.1, 0.15) is 55.6 Å². The van der Waals surface area contributed by atoms with E-state index in [2.05, 4.69) is 36.6 Å². The van der Waals surface area contributed by atoms with Gasteiger partial charge in [0.05, 0.1) is 16.3 Å². The van der Waals surface area contributed by atoms with Crippen molar-refractivity contribution in [2.45, 2.75) is 50.8 Å². The monoisotopic (exact) mass is 711 g/mol. The maximum Gasteiger partial charge on any atom is 0.416 e. The van der Waals surface area contributed by atoms with Crippen molar-refractivity contribution in [1.29, 1.82) is 0 Å². The number of hydrazine groups is 1. The Hall–Kier alpha value is -3.69. The van der Waals surface area contributed by atoms with Crippen LogP contribution in [-0.4, -0.2) is 73.3 Å². The van der Waals surface area contributed by atoms with Crippen molar-refractivity contribution < 1.29 is 32.7 Å². The molecule has 1 spiro atoms. The Balaban J connectivity index is 0.00000196. The number of fused-ring (bicyclic) bond motifs is 2. The van der Waals surface area contributed by atoms with Gasteiger partial charge in [-0.25, -0.2) is 15.0 Å². The van der Waals surface area contributed by atoms with Crippen LogP contribution < -0.4 is 10.7 Å². The summed E-state index contributed by atoms with van der Waals surface area (Å²) in [5.41, 5.74) is 2.60. The first-order valence-corrected chi connectivity index (χ1v) is 15.6. The number of hydrogen-bond donors (Lipinski definition) is 3. The van der Waals surface area contributed by atoms with Crippen LogP contribution >= 0.6 is 27.5 Å². The molecule has 0 saturated carbocycles. The number of anilines is 1. The third kappa shape index (κ3) is 6.12. The number of benzene rings is 1. The molecule has 1 aromatic heterocycles. The normalized spacial score (nSPS) is 20.4. The van der Waals surface area contributed by atoms with E-state index in [9.17, 15) is 32.7 Å². The molecular weight excluding hydrogens is 683 g/mol. The molecule has 3 amide bonds. The van der Waals surface area contributed by atoms with Crippen LogP contribution in [0.3, 0.4) is 0 Å². The van der Waals surface area contributed by atoms with Gasteiger partial charge in [-0.05, 0) is 71.9 Å². The molecule has 1 atom stereocenters. The van der Waals surface area contributed by atoms with E-state index in [1.54, 1.807) is 9.80 Å². The SMILES string of the molecule is CC.O=C(CN1C2=NC(Br)NN2C(=O)C2=C1CCC21CCN(C(=O)c2ncccc2O)CC1)Nc1ccc(C(F)(F)F)cc1Cl. The number of rotatable bonds is 4. The molecule has 1 aromatic carbocycles. The Morgan fingerprint density at radius 2 is 1.91 bits per heavy atom. The molecule has 45 heavy (non-hydrogen) atoms. The minimum absolute atomic E-state index is 0.0162. The summed E-state index contributed by atoms with van der Waals surface area (Å²) in [5.74, 6) is -1.25. The maximum absolute atomic E-state index is 13.8. The van der Waals surface area contributed by atoms with Gasteiger partial charge in [-0.1, -0.05) is 25.4 Å². The van der Waals surface area contributed by atoms with Gasteiger partial charge >= 0.3 is 6.18 Å². The average Bonchev–Trinajstić information content (AvgIpc) is 3.58. The summed E-state index contributed by atoms with van der Waals surface area (Å²) >= 11 is 9.38. The molecule has 1 saturated heterocycles. The van der Waals surface area contributed by atoms with Crippen LogP contribution in [0, 0.1) is 5.41 Å². The van der Waals surface area contributed by atoms with Crippen molar-refractivity contribution in [3.63, 3.8) is 0 Å². The second-order valence-electron chi connectivity index (χ2n) is 10.6. The number of carbonyl (C=O) groups excluding carboxylic acids is 3. The van der Waals surface area contributed by atoms with Crippen molar-refractivity contribution in [3.05, 3.63) is 64.1 Å². The second-order valence-corrected chi connectivity index (χ2v) is 11.9. The zero-order chi connectivity index (χ0) is 32.7. The fourth-order valence-electron chi connectivity index (χ4n) is 6.10. The van der Waals surface area contributed by atoms with Gasteiger partial charge in [-0.3, -0.25) is 14.4 Å². The van der Waals surface area contributed by atoms with E-state index in [0.717, 1.165) is 18.2 Å². The summed E-state index contributed by atoms with van der Waals surface area (Å²) in [5, 5.41) is 13.0. The zero-order valence-electron chi connectivity index (χ0n) is 24.3. The number of likely N-dealkylation sites (tertiary alicyclic amines) is 1. The number of aliphatic imine (C=N–C) groups is 1. The molecule has 16 heteroatoms. The molecular formula is C29H30BrClF3N7O4. The highest BCUT2D eigenvalue weighted by Gasteiger charge is 2.54. The highest BCUT2D eigenvalue weighted by molar-refractivity contribution is 9.09. The number of guanidine groups is 1. The summed E-state index contributed by atoms with van der Waals surface area (Å²) in [6, 6.07) is 5.59. The largest absolute Gasteiger partial charge is 0.505 e. The van der Waals surface area contributed by atoms with Gasteiger partial charge in [-0.15, -0.1) is 0 Å². The minimum Gasteiger partial charge on any atom is -0.505 e. The number of hydrogen-bond acceptors (Lipinski definition) is 8. The Kier molecular flexibility index (Phi) is 9.16. The van der Waals surface area contributed by atoms with Crippen molar-refractivity contribution >= 4 is 56.9 Å². The number of aromatic hydroxyl groups is 1. The number of amides is 3. The highest BCUT2D eigenvalue weighted by atomic mass is 79.9. The number of pyridine rings is 1. The van der Waals surface area contributed by atoms with Gasteiger partial charge in [0.2, 0.25) is 11.9 Å². The van der Waals surface area contributed by atoms with Gasteiger partial charge < -0.3 is 20.2 Å². The molecule has 3 N–H and O–H groups in total.